The molecule has 62 valence electrons. The van der Waals surface area contributed by atoms with Gasteiger partial charge >= 0.3 is 0 Å². The van der Waals surface area contributed by atoms with Gasteiger partial charge in [-0.15, -0.1) is 0 Å². The van der Waals surface area contributed by atoms with Crippen molar-refractivity contribution in [2.24, 2.45) is 5.41 Å². The molecule has 1 N–H and O–H groups in total. The summed E-state index contributed by atoms with van der Waals surface area (Å²) in [5, 5.41) is 2.57. The average molecular weight is 153 g/mol. The van der Waals surface area contributed by atoms with Gasteiger partial charge in [-0.1, -0.05) is 27.4 Å². The molecule has 0 heterocycles. The van der Waals surface area contributed by atoms with Gasteiger partial charge in [-0.25, -0.2) is 0 Å². The van der Waals surface area contributed by atoms with Crippen molar-refractivity contribution in [2.45, 2.75) is 27.2 Å². The molecule has 0 aliphatic heterocycles. The zero-order valence-electron chi connectivity index (χ0n) is 7.82. The molecule has 0 aromatic heterocycles. The van der Waals surface area contributed by atoms with Crippen LogP contribution in [0.15, 0.2) is 12.2 Å². The van der Waals surface area contributed by atoms with Gasteiger partial charge in [0.2, 0.25) is 13.9 Å². The summed E-state index contributed by atoms with van der Waals surface area (Å²) in [6.45, 7) is 9.84. The van der Waals surface area contributed by atoms with Crippen molar-refractivity contribution in [3.8, 4) is 0 Å². The summed E-state index contributed by atoms with van der Waals surface area (Å²) in [5.74, 6) is -0.0585. The lowest BCUT2D eigenvalue weighted by atomic mass is 9.82. The number of amides is 1. The molecule has 0 fully saturated rings. The van der Waals surface area contributed by atoms with Gasteiger partial charge in [-0.3, -0.25) is 4.79 Å². The Hall–Kier alpha value is -0.725. The lowest BCUT2D eigenvalue weighted by molar-refractivity contribution is -0.116. The third kappa shape index (κ3) is 2.41. The van der Waals surface area contributed by atoms with Crippen molar-refractivity contribution in [3.05, 3.63) is 12.2 Å². The molecule has 0 atom stereocenters. The molecule has 0 radical (unpaired) electrons. The Morgan fingerprint density at radius 3 is 2.36 bits per heavy atom. The second-order valence-corrected chi connectivity index (χ2v) is 3.30. The Morgan fingerprint density at radius 1 is 1.64 bits per heavy atom. The van der Waals surface area contributed by atoms with E-state index in [0.29, 0.717) is 5.57 Å². The van der Waals surface area contributed by atoms with E-state index in [4.69, 9.17) is 0 Å². The van der Waals surface area contributed by atoms with Crippen LogP contribution in [0.2, 0.25) is 0 Å². The maximum absolute atomic E-state index is 11.1. The van der Waals surface area contributed by atoms with Crippen LogP contribution in [0.25, 0.3) is 0 Å². The average Bonchev–Trinajstić information content (AvgIpc) is 2.01. The summed E-state index contributed by atoms with van der Waals surface area (Å²) >= 11 is 0. The van der Waals surface area contributed by atoms with Crippen LogP contribution in [0, 0.1) is 5.41 Å². The SMILES string of the molecule is BNC(=O)C(=C)C(C)(C)CC. The Morgan fingerprint density at radius 2 is 2.09 bits per heavy atom. The second kappa shape index (κ2) is 3.60. The fourth-order valence-electron chi connectivity index (χ4n) is 0.672. The van der Waals surface area contributed by atoms with E-state index < -0.39 is 0 Å². The molecule has 0 aliphatic carbocycles. The van der Waals surface area contributed by atoms with E-state index in [-0.39, 0.29) is 11.3 Å². The smallest absolute Gasteiger partial charge is 0.234 e. The van der Waals surface area contributed by atoms with Gasteiger partial charge in [0, 0.05) is 5.57 Å². The number of rotatable bonds is 3. The van der Waals surface area contributed by atoms with E-state index in [0.717, 1.165) is 6.42 Å². The number of hydrogen-bond donors (Lipinski definition) is 1. The van der Waals surface area contributed by atoms with Crippen molar-refractivity contribution in [1.29, 1.82) is 0 Å². The Kier molecular flexibility index (Phi) is 3.37. The fraction of sp³-hybridized carbons (Fsp3) is 0.625. The lowest BCUT2D eigenvalue weighted by Crippen LogP contribution is -2.29. The number of hydrogen-bond acceptors (Lipinski definition) is 1. The molecule has 0 spiro atoms. The maximum Gasteiger partial charge on any atom is 0.234 e. The topological polar surface area (TPSA) is 29.1 Å². The molecule has 2 nitrogen and oxygen atoms in total. The minimum absolute atomic E-state index is 0.0585. The standard InChI is InChI=1S/C8H16BNO/c1-5-8(3,4)6(2)7(11)10-9/h2,5,9H2,1,3-4H3,(H,10,11). The minimum atomic E-state index is -0.0832. The molecule has 0 unspecified atom stereocenters. The van der Waals surface area contributed by atoms with E-state index in [1.54, 1.807) is 7.98 Å². The summed E-state index contributed by atoms with van der Waals surface area (Å²) in [6, 6.07) is 0. The van der Waals surface area contributed by atoms with Gasteiger partial charge < -0.3 is 5.23 Å². The molecule has 0 bridgehead atoms. The molecule has 1 amide bonds. The zero-order valence-corrected chi connectivity index (χ0v) is 7.82. The highest BCUT2D eigenvalue weighted by Crippen LogP contribution is 2.28. The van der Waals surface area contributed by atoms with Crippen LogP contribution in [-0.2, 0) is 4.79 Å². The zero-order chi connectivity index (χ0) is 9.07. The van der Waals surface area contributed by atoms with Gasteiger partial charge in [-0.05, 0) is 11.8 Å². The van der Waals surface area contributed by atoms with Crippen LogP contribution in [-0.4, -0.2) is 13.9 Å². The van der Waals surface area contributed by atoms with Crippen LogP contribution >= 0.6 is 0 Å². The normalized spacial score (nSPS) is 10.8. The van der Waals surface area contributed by atoms with E-state index in [9.17, 15) is 4.79 Å². The Balaban J connectivity index is 4.36. The number of carbonyl (C=O) groups excluding carboxylic acids is 1. The summed E-state index contributed by atoms with van der Waals surface area (Å²) in [4.78, 5) is 11.1. The minimum Gasteiger partial charge on any atom is -0.402 e. The predicted octanol–water partition coefficient (Wildman–Crippen LogP) is 0.643. The van der Waals surface area contributed by atoms with Crippen LogP contribution in [0.1, 0.15) is 27.2 Å². The Labute approximate surface area is 69.5 Å². The van der Waals surface area contributed by atoms with E-state index >= 15 is 0 Å². The van der Waals surface area contributed by atoms with Gasteiger partial charge in [-0.2, -0.15) is 0 Å². The monoisotopic (exact) mass is 153 g/mol. The number of nitrogens with one attached hydrogen (secondary N) is 1. The van der Waals surface area contributed by atoms with Crippen molar-refractivity contribution >= 4 is 13.9 Å². The van der Waals surface area contributed by atoms with Crippen LogP contribution in [0.4, 0.5) is 0 Å². The molecule has 0 aliphatic rings. The van der Waals surface area contributed by atoms with E-state index in [2.05, 4.69) is 11.8 Å². The molecule has 11 heavy (non-hydrogen) atoms. The predicted molar refractivity (Wildman–Crippen MR) is 49.9 cm³/mol. The van der Waals surface area contributed by atoms with Gasteiger partial charge in [0.15, 0.2) is 0 Å². The summed E-state index contributed by atoms with van der Waals surface area (Å²) in [7, 11) is 1.62. The van der Waals surface area contributed by atoms with E-state index in [1.165, 1.54) is 0 Å². The first-order valence-corrected chi connectivity index (χ1v) is 3.87. The van der Waals surface area contributed by atoms with Crippen LogP contribution in [0.5, 0.6) is 0 Å². The Bertz CT molecular complexity index is 175. The largest absolute Gasteiger partial charge is 0.402 e. The third-order valence-electron chi connectivity index (χ3n) is 2.20. The molecule has 0 saturated heterocycles. The van der Waals surface area contributed by atoms with Crippen LogP contribution in [0.3, 0.4) is 0 Å². The first-order valence-electron chi connectivity index (χ1n) is 3.87. The molecular weight excluding hydrogens is 137 g/mol. The highest BCUT2D eigenvalue weighted by Gasteiger charge is 2.23. The molecular formula is C8H16BNO. The summed E-state index contributed by atoms with van der Waals surface area (Å²) in [6.07, 6.45) is 0.930. The molecule has 0 rings (SSSR count). The lowest BCUT2D eigenvalue weighted by Gasteiger charge is -2.24. The fourth-order valence-corrected chi connectivity index (χ4v) is 0.672. The highest BCUT2D eigenvalue weighted by atomic mass is 16.1. The van der Waals surface area contributed by atoms with Crippen molar-refractivity contribution in [1.82, 2.24) is 5.23 Å². The summed E-state index contributed by atoms with van der Waals surface area (Å²) < 4.78 is 0. The molecule has 0 saturated carbocycles. The van der Waals surface area contributed by atoms with E-state index in [1.807, 2.05) is 20.8 Å². The van der Waals surface area contributed by atoms with Crippen LogP contribution < -0.4 is 5.23 Å². The van der Waals surface area contributed by atoms with Gasteiger partial charge in [0.1, 0.15) is 0 Å². The molecule has 3 heteroatoms. The van der Waals surface area contributed by atoms with Crippen molar-refractivity contribution in [2.75, 3.05) is 0 Å². The second-order valence-electron chi connectivity index (χ2n) is 3.30. The third-order valence-corrected chi connectivity index (χ3v) is 2.20. The quantitative estimate of drug-likeness (QED) is 0.467. The van der Waals surface area contributed by atoms with Crippen molar-refractivity contribution < 1.29 is 4.79 Å². The van der Waals surface area contributed by atoms with Crippen molar-refractivity contribution in [3.63, 3.8) is 0 Å². The summed E-state index contributed by atoms with van der Waals surface area (Å²) in [5.41, 5.74) is 0.572. The maximum atomic E-state index is 11.1. The first-order chi connectivity index (χ1) is 4.95. The highest BCUT2D eigenvalue weighted by molar-refractivity contribution is 6.18. The molecule has 0 aromatic carbocycles. The van der Waals surface area contributed by atoms with Gasteiger partial charge in [0.05, 0.1) is 0 Å². The first kappa shape index (κ1) is 10.3. The number of carbonyl (C=O) groups is 1. The van der Waals surface area contributed by atoms with Gasteiger partial charge in [0.25, 0.3) is 0 Å². The molecule has 0 aromatic rings.